The molecule has 2 fully saturated rings. The summed E-state index contributed by atoms with van der Waals surface area (Å²) in [5, 5.41) is 0. The van der Waals surface area contributed by atoms with E-state index < -0.39 is 0 Å². The summed E-state index contributed by atoms with van der Waals surface area (Å²) in [7, 11) is 0. The summed E-state index contributed by atoms with van der Waals surface area (Å²) in [5.41, 5.74) is 0. The van der Waals surface area contributed by atoms with E-state index in [2.05, 4.69) is 25.9 Å². The first-order valence-electron chi connectivity index (χ1n) is 5.75. The predicted octanol–water partition coefficient (Wildman–Crippen LogP) is 0.908. The lowest BCUT2D eigenvalue weighted by atomic mass is 9.97. The maximum atomic E-state index is 11.9. The third-order valence-corrected chi connectivity index (χ3v) is 3.70. The molecule has 5 nitrogen and oxygen atoms in total. The standard InChI is InChI=1S/C11H13BrN4O/c12-9-4-13-11(14-5-9)16-6-8(7-16)10(17)15-2-1-3-15/h4-5,8H,1-3,6-7H2. The van der Waals surface area contributed by atoms with Crippen LogP contribution in [0.15, 0.2) is 16.9 Å². The fraction of sp³-hybridized carbons (Fsp3) is 0.545. The number of nitrogens with zero attached hydrogens (tertiary/aromatic N) is 4. The molecule has 3 heterocycles. The maximum Gasteiger partial charge on any atom is 0.229 e. The van der Waals surface area contributed by atoms with E-state index in [1.165, 1.54) is 0 Å². The van der Waals surface area contributed by atoms with Crippen molar-refractivity contribution in [2.75, 3.05) is 31.1 Å². The zero-order chi connectivity index (χ0) is 11.8. The second-order valence-electron chi connectivity index (χ2n) is 4.48. The van der Waals surface area contributed by atoms with Crippen LogP contribution < -0.4 is 4.90 Å². The van der Waals surface area contributed by atoms with E-state index >= 15 is 0 Å². The number of carbonyl (C=O) groups excluding carboxylic acids is 1. The molecule has 0 radical (unpaired) electrons. The topological polar surface area (TPSA) is 49.3 Å². The molecule has 1 aromatic heterocycles. The molecule has 0 spiro atoms. The smallest absolute Gasteiger partial charge is 0.229 e. The van der Waals surface area contributed by atoms with Gasteiger partial charge in [-0.25, -0.2) is 9.97 Å². The van der Waals surface area contributed by atoms with E-state index in [1.807, 2.05) is 9.80 Å². The van der Waals surface area contributed by atoms with Gasteiger partial charge in [0, 0.05) is 38.6 Å². The molecular weight excluding hydrogens is 284 g/mol. The molecule has 3 rings (SSSR count). The second kappa shape index (κ2) is 4.25. The van der Waals surface area contributed by atoms with Crippen LogP contribution in [0.3, 0.4) is 0 Å². The number of carbonyl (C=O) groups is 1. The van der Waals surface area contributed by atoms with Gasteiger partial charge < -0.3 is 9.80 Å². The number of anilines is 1. The van der Waals surface area contributed by atoms with Gasteiger partial charge in [0.2, 0.25) is 11.9 Å². The summed E-state index contributed by atoms with van der Waals surface area (Å²) in [6.45, 7) is 3.36. The van der Waals surface area contributed by atoms with E-state index in [1.54, 1.807) is 12.4 Å². The van der Waals surface area contributed by atoms with Crippen LogP contribution in [-0.2, 0) is 4.79 Å². The van der Waals surface area contributed by atoms with Crippen molar-refractivity contribution in [3.8, 4) is 0 Å². The zero-order valence-electron chi connectivity index (χ0n) is 9.34. The van der Waals surface area contributed by atoms with Gasteiger partial charge in [0.15, 0.2) is 0 Å². The summed E-state index contributed by atoms with van der Waals surface area (Å²) in [6, 6.07) is 0. The molecule has 0 atom stereocenters. The third-order valence-electron chi connectivity index (χ3n) is 3.29. The van der Waals surface area contributed by atoms with Crippen LogP contribution in [-0.4, -0.2) is 47.0 Å². The number of hydrogen-bond donors (Lipinski definition) is 0. The van der Waals surface area contributed by atoms with Crippen molar-refractivity contribution in [2.24, 2.45) is 5.92 Å². The molecule has 2 aliphatic heterocycles. The Labute approximate surface area is 108 Å². The van der Waals surface area contributed by atoms with E-state index in [9.17, 15) is 4.79 Å². The number of rotatable bonds is 2. The molecule has 2 aliphatic rings. The Morgan fingerprint density at radius 1 is 1.29 bits per heavy atom. The van der Waals surface area contributed by atoms with Crippen molar-refractivity contribution in [3.63, 3.8) is 0 Å². The van der Waals surface area contributed by atoms with Gasteiger partial charge in [-0.05, 0) is 22.4 Å². The Kier molecular flexibility index (Phi) is 2.74. The SMILES string of the molecule is O=C(C1CN(c2ncc(Br)cn2)C1)N1CCC1. The van der Waals surface area contributed by atoms with Crippen molar-refractivity contribution in [1.82, 2.24) is 14.9 Å². The number of likely N-dealkylation sites (tertiary alicyclic amines) is 1. The van der Waals surface area contributed by atoms with E-state index in [-0.39, 0.29) is 5.92 Å². The second-order valence-corrected chi connectivity index (χ2v) is 5.40. The number of aromatic nitrogens is 2. The summed E-state index contributed by atoms with van der Waals surface area (Å²) >= 11 is 3.30. The van der Waals surface area contributed by atoms with Crippen molar-refractivity contribution in [3.05, 3.63) is 16.9 Å². The van der Waals surface area contributed by atoms with Crippen LogP contribution >= 0.6 is 15.9 Å². The van der Waals surface area contributed by atoms with Gasteiger partial charge in [-0.3, -0.25) is 4.79 Å². The molecule has 1 aromatic rings. The molecular formula is C11H13BrN4O. The minimum absolute atomic E-state index is 0.141. The van der Waals surface area contributed by atoms with E-state index in [0.717, 1.165) is 37.1 Å². The van der Waals surface area contributed by atoms with Gasteiger partial charge in [-0.2, -0.15) is 0 Å². The van der Waals surface area contributed by atoms with Crippen molar-refractivity contribution in [2.45, 2.75) is 6.42 Å². The molecule has 6 heteroatoms. The van der Waals surface area contributed by atoms with Crippen LogP contribution in [0, 0.1) is 5.92 Å². The molecule has 1 amide bonds. The van der Waals surface area contributed by atoms with Crippen LogP contribution in [0.2, 0.25) is 0 Å². The molecule has 0 aliphatic carbocycles. The number of hydrogen-bond acceptors (Lipinski definition) is 4. The van der Waals surface area contributed by atoms with Crippen LogP contribution in [0.25, 0.3) is 0 Å². The van der Waals surface area contributed by atoms with Crippen molar-refractivity contribution >= 4 is 27.8 Å². The average molecular weight is 297 g/mol. The Bertz CT molecular complexity index is 426. The fourth-order valence-electron chi connectivity index (χ4n) is 2.06. The first-order chi connectivity index (χ1) is 8.24. The normalized spacial score (nSPS) is 19.8. The molecule has 17 heavy (non-hydrogen) atoms. The highest BCUT2D eigenvalue weighted by Crippen LogP contribution is 2.24. The Morgan fingerprint density at radius 2 is 1.94 bits per heavy atom. The molecule has 0 unspecified atom stereocenters. The number of amides is 1. The minimum atomic E-state index is 0.141. The van der Waals surface area contributed by atoms with Gasteiger partial charge in [-0.1, -0.05) is 0 Å². The molecule has 0 N–H and O–H groups in total. The number of halogens is 1. The third kappa shape index (κ3) is 2.01. The molecule has 2 saturated heterocycles. The molecule has 0 saturated carbocycles. The maximum absolute atomic E-state index is 11.9. The Hall–Kier alpha value is -1.17. The first-order valence-corrected chi connectivity index (χ1v) is 6.54. The zero-order valence-corrected chi connectivity index (χ0v) is 10.9. The summed E-state index contributed by atoms with van der Waals surface area (Å²) in [5.74, 6) is 1.15. The largest absolute Gasteiger partial charge is 0.342 e. The highest BCUT2D eigenvalue weighted by molar-refractivity contribution is 9.10. The highest BCUT2D eigenvalue weighted by Gasteiger charge is 2.37. The summed E-state index contributed by atoms with van der Waals surface area (Å²) in [4.78, 5) is 24.3. The van der Waals surface area contributed by atoms with Crippen LogP contribution in [0.4, 0.5) is 5.95 Å². The quantitative estimate of drug-likeness (QED) is 0.814. The van der Waals surface area contributed by atoms with Gasteiger partial charge in [0.25, 0.3) is 0 Å². The van der Waals surface area contributed by atoms with Crippen molar-refractivity contribution in [1.29, 1.82) is 0 Å². The van der Waals surface area contributed by atoms with Crippen molar-refractivity contribution < 1.29 is 4.79 Å². The molecule has 90 valence electrons. The lowest BCUT2D eigenvalue weighted by Gasteiger charge is -2.42. The Morgan fingerprint density at radius 3 is 2.47 bits per heavy atom. The lowest BCUT2D eigenvalue weighted by molar-refractivity contribution is -0.139. The lowest BCUT2D eigenvalue weighted by Crippen LogP contribution is -2.57. The van der Waals surface area contributed by atoms with Gasteiger partial charge in [0.1, 0.15) is 0 Å². The van der Waals surface area contributed by atoms with Crippen LogP contribution in [0.1, 0.15) is 6.42 Å². The first kappa shape index (κ1) is 11.0. The monoisotopic (exact) mass is 296 g/mol. The van der Waals surface area contributed by atoms with Crippen LogP contribution in [0.5, 0.6) is 0 Å². The van der Waals surface area contributed by atoms with Gasteiger partial charge in [-0.15, -0.1) is 0 Å². The molecule has 0 aromatic carbocycles. The van der Waals surface area contributed by atoms with Gasteiger partial charge in [0.05, 0.1) is 10.4 Å². The Balaban J connectivity index is 1.57. The minimum Gasteiger partial charge on any atom is -0.342 e. The average Bonchev–Trinajstić information content (AvgIpc) is 2.16. The summed E-state index contributed by atoms with van der Waals surface area (Å²) in [6.07, 6.45) is 4.61. The summed E-state index contributed by atoms with van der Waals surface area (Å²) < 4.78 is 0.870. The van der Waals surface area contributed by atoms with E-state index in [0.29, 0.717) is 11.9 Å². The highest BCUT2D eigenvalue weighted by atomic mass is 79.9. The molecule has 0 bridgehead atoms. The fourth-order valence-corrected chi connectivity index (χ4v) is 2.27. The predicted molar refractivity (Wildman–Crippen MR) is 66.6 cm³/mol. The van der Waals surface area contributed by atoms with E-state index in [4.69, 9.17) is 0 Å². The van der Waals surface area contributed by atoms with Gasteiger partial charge >= 0.3 is 0 Å².